The Kier molecular flexibility index (Phi) is 5.81. The van der Waals surface area contributed by atoms with Crippen molar-refractivity contribution in [1.29, 1.82) is 0 Å². The number of hydrogen-bond donors (Lipinski definition) is 0. The molecule has 0 fully saturated rings. The molecule has 0 N–H and O–H groups in total. The van der Waals surface area contributed by atoms with Crippen LogP contribution in [0, 0.1) is 6.92 Å². The Balaban J connectivity index is 0.000000217. The van der Waals surface area contributed by atoms with Crippen molar-refractivity contribution in [3.63, 3.8) is 0 Å². The highest BCUT2D eigenvalue weighted by molar-refractivity contribution is 7.98. The van der Waals surface area contributed by atoms with Crippen LogP contribution >= 0.6 is 11.8 Å². The zero-order valence-corrected chi connectivity index (χ0v) is 19.9. The zero-order valence-electron chi connectivity index (χ0n) is 19.1. The summed E-state index contributed by atoms with van der Waals surface area (Å²) in [6.07, 6.45) is 4.12. The predicted molar refractivity (Wildman–Crippen MR) is 138 cm³/mol. The first kappa shape index (κ1) is 21.5. The van der Waals surface area contributed by atoms with E-state index in [1.165, 1.54) is 55.0 Å². The Morgan fingerprint density at radius 3 is 1.84 bits per heavy atom. The molecule has 0 aromatic heterocycles. The van der Waals surface area contributed by atoms with E-state index in [2.05, 4.69) is 113 Å². The number of allylic oxidation sites excluding steroid dienone is 5. The summed E-state index contributed by atoms with van der Waals surface area (Å²) in [6.45, 7) is 13.0. The van der Waals surface area contributed by atoms with Gasteiger partial charge < -0.3 is 0 Å². The molecule has 1 atom stereocenters. The van der Waals surface area contributed by atoms with Crippen molar-refractivity contribution in [2.24, 2.45) is 0 Å². The average molecular weight is 423 g/mol. The molecule has 0 saturated heterocycles. The van der Waals surface area contributed by atoms with Crippen LogP contribution in [0.4, 0.5) is 0 Å². The van der Waals surface area contributed by atoms with Crippen LogP contribution in [-0.2, 0) is 5.41 Å². The predicted octanol–water partition coefficient (Wildman–Crippen LogP) is 8.47. The standard InChI is InChI=1S/C22H20.C8H10S/c1-5-17-16(4)22(21-13-9-7-11-19(17)21)15(3)14(2)18-10-6-8-12-20(18)22;1-7-5-3-4-6-8(7)9-2/h5-13H,1H2,2-4H3;3-6H,1-2H3. The molecule has 31 heavy (non-hydrogen) atoms. The lowest BCUT2D eigenvalue weighted by molar-refractivity contribution is 0.741. The molecule has 3 aromatic rings. The van der Waals surface area contributed by atoms with Crippen molar-refractivity contribution in [1.82, 2.24) is 0 Å². The topological polar surface area (TPSA) is 0 Å². The first-order valence-corrected chi connectivity index (χ1v) is 12.0. The van der Waals surface area contributed by atoms with Gasteiger partial charge in [-0.15, -0.1) is 11.8 Å². The highest BCUT2D eigenvalue weighted by atomic mass is 32.2. The summed E-state index contributed by atoms with van der Waals surface area (Å²) in [6, 6.07) is 26.1. The second kappa shape index (κ2) is 8.40. The number of aryl methyl sites for hydroxylation is 1. The smallest absolute Gasteiger partial charge is 0.0642 e. The van der Waals surface area contributed by atoms with Crippen molar-refractivity contribution in [3.8, 4) is 0 Å². The molecule has 0 radical (unpaired) electrons. The summed E-state index contributed by atoms with van der Waals surface area (Å²) in [5.41, 5.74) is 12.4. The van der Waals surface area contributed by atoms with Gasteiger partial charge in [0.05, 0.1) is 5.41 Å². The van der Waals surface area contributed by atoms with Gasteiger partial charge in [-0.05, 0) is 84.6 Å². The lowest BCUT2D eigenvalue weighted by Crippen LogP contribution is -2.26. The summed E-state index contributed by atoms with van der Waals surface area (Å²) in [5.74, 6) is 0. The molecule has 0 nitrogen and oxygen atoms in total. The fourth-order valence-corrected chi connectivity index (χ4v) is 5.96. The zero-order chi connectivity index (χ0) is 22.2. The van der Waals surface area contributed by atoms with Crippen molar-refractivity contribution in [3.05, 3.63) is 124 Å². The third-order valence-electron chi connectivity index (χ3n) is 6.97. The van der Waals surface area contributed by atoms with E-state index in [1.807, 2.05) is 6.08 Å². The van der Waals surface area contributed by atoms with Crippen molar-refractivity contribution in [2.45, 2.75) is 38.0 Å². The second-order valence-corrected chi connectivity index (χ2v) is 9.15. The molecule has 5 rings (SSSR count). The normalized spacial score (nSPS) is 18.6. The third kappa shape index (κ3) is 3.15. The molecular formula is C30H30S. The maximum absolute atomic E-state index is 4.07. The van der Waals surface area contributed by atoms with E-state index < -0.39 is 0 Å². The fourth-order valence-electron chi connectivity index (χ4n) is 5.35. The molecule has 1 spiro atoms. The molecule has 0 heterocycles. The highest BCUT2D eigenvalue weighted by Gasteiger charge is 2.49. The fraction of sp³-hybridized carbons (Fsp3) is 0.200. The van der Waals surface area contributed by atoms with E-state index in [4.69, 9.17) is 0 Å². The molecule has 0 aliphatic heterocycles. The summed E-state index contributed by atoms with van der Waals surface area (Å²) in [5, 5.41) is 0. The molecule has 0 amide bonds. The van der Waals surface area contributed by atoms with Crippen molar-refractivity contribution >= 4 is 22.9 Å². The largest absolute Gasteiger partial charge is 0.129 e. The quantitative estimate of drug-likeness (QED) is 0.373. The SMILES string of the molecule is C=CC1=C(C)C2(C(C)=C(C)c3ccccc32)c2ccccc21.CSc1ccccc1C. The second-order valence-electron chi connectivity index (χ2n) is 8.30. The van der Waals surface area contributed by atoms with E-state index in [-0.39, 0.29) is 5.41 Å². The first-order valence-electron chi connectivity index (χ1n) is 10.8. The molecule has 0 bridgehead atoms. The van der Waals surface area contributed by atoms with Crippen LogP contribution in [0.1, 0.15) is 48.6 Å². The van der Waals surface area contributed by atoms with Crippen LogP contribution in [0.15, 0.2) is 101 Å². The van der Waals surface area contributed by atoms with Crippen LogP contribution in [0.25, 0.3) is 11.1 Å². The van der Waals surface area contributed by atoms with Gasteiger partial charge in [-0.25, -0.2) is 0 Å². The summed E-state index contributed by atoms with van der Waals surface area (Å²) < 4.78 is 0. The van der Waals surface area contributed by atoms with Gasteiger partial charge in [-0.2, -0.15) is 0 Å². The number of thioether (sulfide) groups is 1. The van der Waals surface area contributed by atoms with Gasteiger partial charge in [0.1, 0.15) is 0 Å². The van der Waals surface area contributed by atoms with Crippen LogP contribution in [0.3, 0.4) is 0 Å². The average Bonchev–Trinajstić information content (AvgIpc) is 3.19. The third-order valence-corrected chi connectivity index (χ3v) is 7.86. The highest BCUT2D eigenvalue weighted by Crippen LogP contribution is 2.60. The van der Waals surface area contributed by atoms with E-state index >= 15 is 0 Å². The van der Waals surface area contributed by atoms with Crippen molar-refractivity contribution in [2.75, 3.05) is 6.26 Å². The molecule has 3 aromatic carbocycles. The molecule has 2 aliphatic rings. The van der Waals surface area contributed by atoms with Gasteiger partial charge in [0.2, 0.25) is 0 Å². The Bertz CT molecular complexity index is 1220. The minimum absolute atomic E-state index is 0.0964. The summed E-state index contributed by atoms with van der Waals surface area (Å²) >= 11 is 1.80. The molecule has 156 valence electrons. The maximum Gasteiger partial charge on any atom is 0.0642 e. The number of fused-ring (bicyclic) bond motifs is 4. The van der Waals surface area contributed by atoms with E-state index in [0.717, 1.165) is 0 Å². The van der Waals surface area contributed by atoms with E-state index in [1.54, 1.807) is 11.8 Å². The Morgan fingerprint density at radius 1 is 0.710 bits per heavy atom. The van der Waals surface area contributed by atoms with Gasteiger partial charge in [0.15, 0.2) is 0 Å². The molecule has 0 saturated carbocycles. The van der Waals surface area contributed by atoms with Crippen molar-refractivity contribution < 1.29 is 0 Å². The first-order chi connectivity index (χ1) is 15.0. The van der Waals surface area contributed by atoms with Gasteiger partial charge in [-0.3, -0.25) is 0 Å². The minimum atomic E-state index is -0.0964. The number of benzene rings is 3. The van der Waals surface area contributed by atoms with Gasteiger partial charge in [0, 0.05) is 4.90 Å². The van der Waals surface area contributed by atoms with Crippen LogP contribution < -0.4 is 0 Å². The Morgan fingerprint density at radius 2 is 1.26 bits per heavy atom. The van der Waals surface area contributed by atoms with E-state index in [9.17, 15) is 0 Å². The summed E-state index contributed by atoms with van der Waals surface area (Å²) in [4.78, 5) is 1.37. The van der Waals surface area contributed by atoms with Gasteiger partial charge in [-0.1, -0.05) is 85.0 Å². The minimum Gasteiger partial charge on any atom is -0.129 e. The van der Waals surface area contributed by atoms with Crippen LogP contribution in [0.2, 0.25) is 0 Å². The van der Waals surface area contributed by atoms with Crippen LogP contribution in [0.5, 0.6) is 0 Å². The van der Waals surface area contributed by atoms with Crippen LogP contribution in [-0.4, -0.2) is 6.26 Å². The Hall–Kier alpha value is -2.77. The van der Waals surface area contributed by atoms with E-state index in [0.29, 0.717) is 0 Å². The van der Waals surface area contributed by atoms with Gasteiger partial charge >= 0.3 is 0 Å². The van der Waals surface area contributed by atoms with Gasteiger partial charge in [0.25, 0.3) is 0 Å². The lowest BCUT2D eigenvalue weighted by atomic mass is 9.70. The monoisotopic (exact) mass is 422 g/mol. The maximum atomic E-state index is 4.07. The lowest BCUT2D eigenvalue weighted by Gasteiger charge is -2.32. The molecule has 1 unspecified atom stereocenters. The Labute approximate surface area is 191 Å². The number of rotatable bonds is 2. The summed E-state index contributed by atoms with van der Waals surface area (Å²) in [7, 11) is 0. The number of hydrogen-bond acceptors (Lipinski definition) is 1. The molecule has 1 heteroatoms. The molecule has 2 aliphatic carbocycles. The molecular weight excluding hydrogens is 392 g/mol.